The largest absolute Gasteiger partial charge is 0.447 e. The number of nitrogens with zero attached hydrogens (tertiary/aromatic N) is 3. The Hall–Kier alpha value is -2.36. The molecule has 33 heavy (non-hydrogen) atoms. The van der Waals surface area contributed by atoms with Gasteiger partial charge in [-0.25, -0.2) is 10.2 Å². The molecular formula is C23H35ClN5O4+. The second kappa shape index (κ2) is 10.3. The molecule has 2 fully saturated rings. The van der Waals surface area contributed by atoms with E-state index in [0.29, 0.717) is 23.8 Å². The van der Waals surface area contributed by atoms with Crippen molar-refractivity contribution in [3.05, 3.63) is 28.3 Å². The van der Waals surface area contributed by atoms with Gasteiger partial charge in [-0.2, -0.15) is 4.99 Å². The quantitative estimate of drug-likeness (QED) is 0.419. The van der Waals surface area contributed by atoms with E-state index in [9.17, 15) is 9.90 Å². The molecule has 0 radical (unpaired) electrons. The number of hydrogen-bond donors (Lipinski definition) is 3. The molecule has 1 saturated carbocycles. The number of aliphatic imine (C=N–C) groups is 1. The van der Waals surface area contributed by atoms with Gasteiger partial charge in [0.1, 0.15) is 5.41 Å². The van der Waals surface area contributed by atoms with Crippen LogP contribution in [0.1, 0.15) is 44.7 Å². The van der Waals surface area contributed by atoms with E-state index in [-0.39, 0.29) is 36.8 Å². The van der Waals surface area contributed by atoms with Gasteiger partial charge in [0, 0.05) is 37.2 Å². The summed E-state index contributed by atoms with van der Waals surface area (Å²) in [6.07, 6.45) is 1.13. The van der Waals surface area contributed by atoms with Crippen molar-refractivity contribution in [3.63, 3.8) is 0 Å². The molecule has 1 atom stereocenters. The van der Waals surface area contributed by atoms with Crippen molar-refractivity contribution in [2.45, 2.75) is 59.2 Å². The van der Waals surface area contributed by atoms with Gasteiger partial charge in [0.2, 0.25) is 0 Å². The summed E-state index contributed by atoms with van der Waals surface area (Å²) >= 11 is 6.37. The second-order valence-corrected chi connectivity index (χ2v) is 9.71. The van der Waals surface area contributed by atoms with Gasteiger partial charge in [0.25, 0.3) is 6.02 Å². The zero-order chi connectivity index (χ0) is 24.3. The Morgan fingerprint density at radius 1 is 1.39 bits per heavy atom. The number of carbonyl (C=O) groups excluding carboxylic acids is 1. The van der Waals surface area contributed by atoms with Crippen LogP contribution in [0.2, 0.25) is 5.02 Å². The van der Waals surface area contributed by atoms with E-state index < -0.39 is 5.41 Å². The molecule has 1 aliphatic carbocycles. The zero-order valence-electron chi connectivity index (χ0n) is 19.8. The number of nitrogens with two attached hydrogens (primary N) is 2. The summed E-state index contributed by atoms with van der Waals surface area (Å²) in [7, 11) is 0. The van der Waals surface area contributed by atoms with E-state index >= 15 is 0 Å². The van der Waals surface area contributed by atoms with Crippen LogP contribution in [0.25, 0.3) is 0 Å². The van der Waals surface area contributed by atoms with E-state index in [4.69, 9.17) is 32.2 Å². The van der Waals surface area contributed by atoms with Crippen LogP contribution in [-0.2, 0) is 16.0 Å². The summed E-state index contributed by atoms with van der Waals surface area (Å²) in [6, 6.07) is 3.59. The molecule has 2 aliphatic rings. The molecule has 0 spiro atoms. The first kappa shape index (κ1) is 25.3. The molecule has 3 rings (SSSR count). The minimum Gasteiger partial charge on any atom is -0.447 e. The third-order valence-corrected chi connectivity index (χ3v) is 6.47. The first-order valence-electron chi connectivity index (χ1n) is 11.3. The van der Waals surface area contributed by atoms with Crippen molar-refractivity contribution in [2.75, 3.05) is 26.2 Å². The third kappa shape index (κ3) is 6.16. The fraction of sp³-hybridized carbons (Fsp3) is 0.609. The Morgan fingerprint density at radius 2 is 2.09 bits per heavy atom. The molecule has 1 saturated heterocycles. The molecule has 5 N–H and O–H groups in total. The Balaban J connectivity index is 1.68. The topological polar surface area (TPSA) is 126 Å². The molecule has 182 valence electrons. The van der Waals surface area contributed by atoms with E-state index in [1.807, 2.05) is 33.8 Å². The fourth-order valence-electron chi connectivity index (χ4n) is 3.95. The molecule has 10 heteroatoms. The van der Waals surface area contributed by atoms with E-state index in [0.717, 1.165) is 37.1 Å². The molecule has 0 aromatic heterocycles. The predicted molar refractivity (Wildman–Crippen MR) is 127 cm³/mol. The van der Waals surface area contributed by atoms with Gasteiger partial charge in [-0.3, -0.25) is 4.90 Å². The van der Waals surface area contributed by atoms with Crippen molar-refractivity contribution in [3.8, 4) is 0 Å². The SMILES string of the molecule is Cc1c(CN2CCN(C(=O)OC(C)C)[C@@H](C)C2)cc(Cl)cc1N=C(N)OC(=[NH2+])C1(CO)CC1. The first-order chi connectivity index (χ1) is 15.5. The Morgan fingerprint density at radius 3 is 2.67 bits per heavy atom. The number of hydrogen-bond acceptors (Lipinski definition) is 6. The number of aliphatic hydroxyl groups is 1. The highest BCUT2D eigenvalue weighted by Gasteiger charge is 2.53. The lowest BCUT2D eigenvalue weighted by atomic mass is 10.1. The first-order valence-corrected chi connectivity index (χ1v) is 11.7. The molecule has 9 nitrogen and oxygen atoms in total. The lowest BCUT2D eigenvalue weighted by molar-refractivity contribution is -0.143. The number of carbonyl (C=O) groups is 1. The van der Waals surface area contributed by atoms with Gasteiger partial charge in [-0.1, -0.05) is 11.6 Å². The van der Waals surface area contributed by atoms with Gasteiger partial charge in [-0.05, 0) is 63.8 Å². The Labute approximate surface area is 200 Å². The van der Waals surface area contributed by atoms with Crippen LogP contribution in [0, 0.1) is 12.3 Å². The van der Waals surface area contributed by atoms with Crippen molar-refractivity contribution in [1.82, 2.24) is 9.80 Å². The monoisotopic (exact) mass is 480 g/mol. The summed E-state index contributed by atoms with van der Waals surface area (Å²) < 4.78 is 10.8. The standard InChI is InChI=1S/C23H34ClN5O4/c1-14(2)32-22(31)29-8-7-28(11-15(29)3)12-17-9-18(24)10-19(16(17)4)27-21(26)33-20(25)23(13-30)5-6-23/h9-10,14-15,25,30H,5-8,11-13H2,1-4H3,(H2,26,27)/p+1/t15-/m0/s1. The molecule has 1 aromatic carbocycles. The van der Waals surface area contributed by atoms with E-state index in [2.05, 4.69) is 9.89 Å². The summed E-state index contributed by atoms with van der Waals surface area (Å²) in [5, 5.41) is 16.0. The number of amides is 1. The lowest BCUT2D eigenvalue weighted by Crippen LogP contribution is -2.54. The molecule has 1 aliphatic heterocycles. The lowest BCUT2D eigenvalue weighted by Gasteiger charge is -2.39. The summed E-state index contributed by atoms with van der Waals surface area (Å²) in [4.78, 5) is 20.7. The van der Waals surface area contributed by atoms with Crippen LogP contribution in [0.5, 0.6) is 0 Å². The van der Waals surface area contributed by atoms with Crippen molar-refractivity contribution < 1.29 is 24.8 Å². The predicted octanol–water partition coefficient (Wildman–Crippen LogP) is 1.59. The van der Waals surface area contributed by atoms with Crippen molar-refractivity contribution >= 4 is 35.3 Å². The van der Waals surface area contributed by atoms with Gasteiger partial charge < -0.3 is 25.2 Å². The minimum atomic E-state index is -0.505. The van der Waals surface area contributed by atoms with Gasteiger partial charge in [-0.15, -0.1) is 0 Å². The summed E-state index contributed by atoms with van der Waals surface area (Å²) in [5.41, 5.74) is 8.03. The smallest absolute Gasteiger partial charge is 0.410 e. The molecule has 0 bridgehead atoms. The number of piperazine rings is 1. The number of halogens is 1. The molecule has 1 heterocycles. The highest BCUT2D eigenvalue weighted by Crippen LogP contribution is 2.45. The average molecular weight is 481 g/mol. The number of rotatable bonds is 6. The highest BCUT2D eigenvalue weighted by molar-refractivity contribution is 6.31. The van der Waals surface area contributed by atoms with E-state index in [1.165, 1.54) is 0 Å². The van der Waals surface area contributed by atoms with Crippen LogP contribution < -0.4 is 11.1 Å². The van der Waals surface area contributed by atoms with Crippen LogP contribution >= 0.6 is 11.6 Å². The molecular weight excluding hydrogens is 446 g/mol. The third-order valence-electron chi connectivity index (χ3n) is 6.25. The summed E-state index contributed by atoms with van der Waals surface area (Å²) in [6.45, 7) is 10.3. The number of aliphatic hydroxyl groups excluding tert-OH is 1. The van der Waals surface area contributed by atoms with Crippen molar-refractivity contribution in [2.24, 2.45) is 16.1 Å². The molecule has 1 amide bonds. The van der Waals surface area contributed by atoms with Crippen molar-refractivity contribution in [1.29, 1.82) is 0 Å². The highest BCUT2D eigenvalue weighted by atomic mass is 35.5. The Bertz CT molecular complexity index is 932. The number of ether oxygens (including phenoxy) is 2. The van der Waals surface area contributed by atoms with E-state index in [1.54, 1.807) is 11.0 Å². The van der Waals surface area contributed by atoms with Crippen LogP contribution in [0.3, 0.4) is 0 Å². The number of amidine groups is 1. The molecule has 1 aromatic rings. The van der Waals surface area contributed by atoms with Crippen LogP contribution in [-0.4, -0.2) is 71.3 Å². The van der Waals surface area contributed by atoms with Gasteiger partial charge >= 0.3 is 12.0 Å². The zero-order valence-corrected chi connectivity index (χ0v) is 20.6. The Kier molecular flexibility index (Phi) is 7.87. The minimum absolute atomic E-state index is 0.0332. The second-order valence-electron chi connectivity index (χ2n) is 9.27. The van der Waals surface area contributed by atoms with Crippen LogP contribution in [0.15, 0.2) is 17.1 Å². The van der Waals surface area contributed by atoms with Gasteiger partial charge in [0.15, 0.2) is 0 Å². The maximum atomic E-state index is 12.3. The maximum absolute atomic E-state index is 12.3. The van der Waals surface area contributed by atoms with Gasteiger partial charge in [0.05, 0.1) is 18.4 Å². The normalized spacial score (nSPS) is 20.6. The summed E-state index contributed by atoms with van der Waals surface area (Å²) in [5.74, 6) is 0.189. The molecule has 0 unspecified atom stereocenters. The number of benzene rings is 1. The fourth-order valence-corrected chi connectivity index (χ4v) is 4.19. The van der Waals surface area contributed by atoms with Crippen LogP contribution in [0.4, 0.5) is 10.5 Å². The average Bonchev–Trinajstić information content (AvgIpc) is 3.52. The maximum Gasteiger partial charge on any atom is 0.410 e.